The molecule has 3 aromatic rings. The zero-order valence-electron chi connectivity index (χ0n) is 13.2. The van der Waals surface area contributed by atoms with E-state index in [0.717, 1.165) is 11.4 Å². The van der Waals surface area contributed by atoms with Gasteiger partial charge in [0.05, 0.1) is 6.04 Å². The average Bonchev–Trinajstić information content (AvgIpc) is 2.56. The van der Waals surface area contributed by atoms with Gasteiger partial charge in [0.15, 0.2) is 5.11 Å². The van der Waals surface area contributed by atoms with Crippen LogP contribution in [-0.4, -0.2) is 10.1 Å². The molecule has 2 aromatic carbocycles. The Labute approximate surface area is 141 Å². The molecule has 116 valence electrons. The Hall–Kier alpha value is -2.46. The molecule has 0 spiro atoms. The zero-order valence-corrected chi connectivity index (χ0v) is 14.0. The lowest BCUT2D eigenvalue weighted by molar-refractivity contribution is 0.728. The first-order valence-electron chi connectivity index (χ1n) is 7.62. The predicted octanol–water partition coefficient (Wildman–Crippen LogP) is 4.59. The fourth-order valence-electron chi connectivity index (χ4n) is 2.66. The Balaban J connectivity index is 1.77. The molecule has 0 bridgehead atoms. The highest BCUT2D eigenvalue weighted by Gasteiger charge is 2.11. The van der Waals surface area contributed by atoms with Crippen LogP contribution in [0.5, 0.6) is 0 Å². The molecule has 0 aliphatic carbocycles. The molecule has 4 heteroatoms. The third-order valence-corrected chi connectivity index (χ3v) is 4.10. The van der Waals surface area contributed by atoms with E-state index in [9.17, 15) is 0 Å². The summed E-state index contributed by atoms with van der Waals surface area (Å²) in [6.07, 6.45) is 1.76. The Kier molecular flexibility index (Phi) is 4.53. The molecule has 0 fully saturated rings. The van der Waals surface area contributed by atoms with Crippen LogP contribution in [0.4, 0.5) is 5.82 Å². The Morgan fingerprint density at radius 2 is 1.83 bits per heavy atom. The molecule has 1 aromatic heterocycles. The molecule has 0 amide bonds. The van der Waals surface area contributed by atoms with Crippen molar-refractivity contribution >= 4 is 33.9 Å². The van der Waals surface area contributed by atoms with Crippen LogP contribution in [0.2, 0.25) is 0 Å². The largest absolute Gasteiger partial charge is 0.356 e. The van der Waals surface area contributed by atoms with Gasteiger partial charge in [-0.15, -0.1) is 0 Å². The van der Waals surface area contributed by atoms with Crippen LogP contribution in [0.25, 0.3) is 10.8 Å². The number of rotatable bonds is 3. The SMILES string of the molecule is Cc1cccnc1NC(=S)NC(C)c1cccc2ccccc12. The summed E-state index contributed by atoms with van der Waals surface area (Å²) in [6, 6.07) is 18.7. The Morgan fingerprint density at radius 3 is 2.65 bits per heavy atom. The number of hydrogen-bond acceptors (Lipinski definition) is 2. The molecule has 3 nitrogen and oxygen atoms in total. The van der Waals surface area contributed by atoms with Gasteiger partial charge in [-0.1, -0.05) is 48.5 Å². The van der Waals surface area contributed by atoms with Crippen molar-refractivity contribution in [2.45, 2.75) is 19.9 Å². The van der Waals surface area contributed by atoms with Gasteiger partial charge in [0.1, 0.15) is 5.82 Å². The van der Waals surface area contributed by atoms with E-state index in [-0.39, 0.29) is 6.04 Å². The second kappa shape index (κ2) is 6.75. The number of aromatic nitrogens is 1. The number of anilines is 1. The fourth-order valence-corrected chi connectivity index (χ4v) is 2.94. The molecule has 0 aliphatic rings. The molecule has 1 atom stereocenters. The van der Waals surface area contributed by atoms with Crippen LogP contribution in [0.3, 0.4) is 0 Å². The molecule has 0 aliphatic heterocycles. The van der Waals surface area contributed by atoms with E-state index in [1.807, 2.05) is 19.1 Å². The van der Waals surface area contributed by atoms with Crippen LogP contribution in [0.1, 0.15) is 24.1 Å². The molecule has 1 unspecified atom stereocenters. The lowest BCUT2D eigenvalue weighted by Crippen LogP contribution is -2.31. The standard InChI is InChI=1S/C19H19N3S/c1-13-7-6-12-20-18(13)22-19(23)21-14(2)16-11-5-9-15-8-3-4-10-17(15)16/h3-12,14H,1-2H3,(H2,20,21,22,23). The van der Waals surface area contributed by atoms with Crippen molar-refractivity contribution in [2.75, 3.05) is 5.32 Å². The number of hydrogen-bond donors (Lipinski definition) is 2. The molecule has 23 heavy (non-hydrogen) atoms. The van der Waals surface area contributed by atoms with Crippen LogP contribution >= 0.6 is 12.2 Å². The second-order valence-electron chi connectivity index (χ2n) is 5.56. The van der Waals surface area contributed by atoms with E-state index in [4.69, 9.17) is 12.2 Å². The van der Waals surface area contributed by atoms with Crippen molar-refractivity contribution in [3.63, 3.8) is 0 Å². The Bertz CT molecular complexity index is 839. The quantitative estimate of drug-likeness (QED) is 0.692. The molecule has 3 rings (SSSR count). The van der Waals surface area contributed by atoms with Gasteiger partial charge in [-0.05, 0) is 54.0 Å². The van der Waals surface area contributed by atoms with Gasteiger partial charge in [0.2, 0.25) is 0 Å². The maximum absolute atomic E-state index is 5.43. The fraction of sp³-hybridized carbons (Fsp3) is 0.158. The Morgan fingerprint density at radius 1 is 1.04 bits per heavy atom. The lowest BCUT2D eigenvalue weighted by Gasteiger charge is -2.19. The normalized spacial score (nSPS) is 11.9. The molecule has 2 N–H and O–H groups in total. The summed E-state index contributed by atoms with van der Waals surface area (Å²) < 4.78 is 0. The molecular weight excluding hydrogens is 302 g/mol. The van der Waals surface area contributed by atoms with E-state index in [2.05, 4.69) is 65.0 Å². The van der Waals surface area contributed by atoms with Crippen LogP contribution in [0.15, 0.2) is 60.8 Å². The zero-order chi connectivity index (χ0) is 16.2. The maximum atomic E-state index is 5.43. The lowest BCUT2D eigenvalue weighted by atomic mass is 10.00. The summed E-state index contributed by atoms with van der Waals surface area (Å²) in [5, 5.41) is 9.57. The number of nitrogens with zero attached hydrogens (tertiary/aromatic N) is 1. The smallest absolute Gasteiger partial charge is 0.172 e. The number of nitrogens with one attached hydrogen (secondary N) is 2. The molecule has 0 radical (unpaired) electrons. The number of aryl methyl sites for hydroxylation is 1. The van der Waals surface area contributed by atoms with Crippen molar-refractivity contribution in [1.29, 1.82) is 0 Å². The summed E-state index contributed by atoms with van der Waals surface area (Å²) in [4.78, 5) is 4.31. The number of fused-ring (bicyclic) bond motifs is 1. The summed E-state index contributed by atoms with van der Waals surface area (Å²) >= 11 is 5.43. The highest BCUT2D eigenvalue weighted by molar-refractivity contribution is 7.80. The van der Waals surface area contributed by atoms with E-state index in [0.29, 0.717) is 5.11 Å². The van der Waals surface area contributed by atoms with E-state index < -0.39 is 0 Å². The molecular formula is C19H19N3S. The van der Waals surface area contributed by atoms with Crippen LogP contribution < -0.4 is 10.6 Å². The van der Waals surface area contributed by atoms with Gasteiger partial charge < -0.3 is 10.6 Å². The molecule has 1 heterocycles. The van der Waals surface area contributed by atoms with Crippen molar-refractivity contribution in [1.82, 2.24) is 10.3 Å². The molecule has 0 saturated carbocycles. The van der Waals surface area contributed by atoms with Crippen LogP contribution in [0, 0.1) is 6.92 Å². The van der Waals surface area contributed by atoms with E-state index in [1.165, 1.54) is 16.3 Å². The van der Waals surface area contributed by atoms with Gasteiger partial charge in [0, 0.05) is 6.20 Å². The summed E-state index contributed by atoms with van der Waals surface area (Å²) in [5.41, 5.74) is 2.29. The van der Waals surface area contributed by atoms with Gasteiger partial charge in [0.25, 0.3) is 0 Å². The minimum absolute atomic E-state index is 0.102. The van der Waals surface area contributed by atoms with Gasteiger partial charge in [-0.3, -0.25) is 0 Å². The minimum Gasteiger partial charge on any atom is -0.356 e. The highest BCUT2D eigenvalue weighted by atomic mass is 32.1. The number of pyridine rings is 1. The van der Waals surface area contributed by atoms with Crippen LogP contribution in [-0.2, 0) is 0 Å². The highest BCUT2D eigenvalue weighted by Crippen LogP contribution is 2.24. The van der Waals surface area contributed by atoms with Crippen molar-refractivity contribution in [3.05, 3.63) is 71.9 Å². The van der Waals surface area contributed by atoms with Gasteiger partial charge in [-0.2, -0.15) is 0 Å². The summed E-state index contributed by atoms with van der Waals surface area (Å²) in [5.74, 6) is 0.787. The third kappa shape index (κ3) is 3.48. The van der Waals surface area contributed by atoms with Crippen molar-refractivity contribution in [2.24, 2.45) is 0 Å². The molecule has 0 saturated heterocycles. The first-order chi connectivity index (χ1) is 11.1. The minimum atomic E-state index is 0.102. The summed E-state index contributed by atoms with van der Waals surface area (Å²) in [7, 11) is 0. The van der Waals surface area contributed by atoms with Gasteiger partial charge in [-0.25, -0.2) is 4.98 Å². The predicted molar refractivity (Wildman–Crippen MR) is 101 cm³/mol. The monoisotopic (exact) mass is 321 g/mol. The van der Waals surface area contributed by atoms with Crippen molar-refractivity contribution < 1.29 is 0 Å². The third-order valence-electron chi connectivity index (χ3n) is 3.88. The van der Waals surface area contributed by atoms with E-state index >= 15 is 0 Å². The number of benzene rings is 2. The first kappa shape index (κ1) is 15.4. The first-order valence-corrected chi connectivity index (χ1v) is 8.03. The van der Waals surface area contributed by atoms with Gasteiger partial charge >= 0.3 is 0 Å². The average molecular weight is 321 g/mol. The topological polar surface area (TPSA) is 37.0 Å². The number of thiocarbonyl (C=S) groups is 1. The maximum Gasteiger partial charge on any atom is 0.172 e. The van der Waals surface area contributed by atoms with E-state index in [1.54, 1.807) is 6.20 Å². The second-order valence-corrected chi connectivity index (χ2v) is 5.97. The van der Waals surface area contributed by atoms with Crippen molar-refractivity contribution in [3.8, 4) is 0 Å². The summed E-state index contributed by atoms with van der Waals surface area (Å²) in [6.45, 7) is 4.12.